The number of anilines is 1. The second kappa shape index (κ2) is 8.20. The van der Waals surface area contributed by atoms with E-state index < -0.39 is 22.0 Å². The number of ether oxygens (including phenoxy) is 2. The third kappa shape index (κ3) is 4.63. The lowest BCUT2D eigenvalue weighted by molar-refractivity contribution is -0.117. The van der Waals surface area contributed by atoms with E-state index in [1.54, 1.807) is 12.1 Å². The van der Waals surface area contributed by atoms with E-state index in [2.05, 4.69) is 10.0 Å². The minimum absolute atomic E-state index is 0.0163. The van der Waals surface area contributed by atoms with Gasteiger partial charge in [-0.3, -0.25) is 4.79 Å². The lowest BCUT2D eigenvalue weighted by Crippen LogP contribution is -2.41. The summed E-state index contributed by atoms with van der Waals surface area (Å²) < 4.78 is 38.8. The largest absolute Gasteiger partial charge is 0.490 e. The third-order valence-corrected chi connectivity index (χ3v) is 6.07. The Balaban J connectivity index is 1.71. The molecule has 28 heavy (non-hydrogen) atoms. The first-order valence-corrected chi connectivity index (χ1v) is 10.5. The van der Waals surface area contributed by atoms with Crippen LogP contribution in [-0.4, -0.2) is 33.6 Å². The molecule has 0 spiro atoms. The van der Waals surface area contributed by atoms with Gasteiger partial charge in [-0.2, -0.15) is 4.72 Å². The van der Waals surface area contributed by atoms with Gasteiger partial charge in [0.2, 0.25) is 15.9 Å². The Kier molecular flexibility index (Phi) is 5.90. The minimum Gasteiger partial charge on any atom is -0.490 e. The van der Waals surface area contributed by atoms with Crippen molar-refractivity contribution in [3.05, 3.63) is 47.5 Å². The van der Waals surface area contributed by atoms with Gasteiger partial charge >= 0.3 is 0 Å². The molecule has 1 aliphatic rings. The van der Waals surface area contributed by atoms with Crippen LogP contribution in [0.2, 0.25) is 0 Å². The average Bonchev–Trinajstić information content (AvgIpc) is 2.89. The summed E-state index contributed by atoms with van der Waals surface area (Å²) in [7, 11) is -3.90. The Morgan fingerprint density at radius 1 is 1.00 bits per heavy atom. The van der Waals surface area contributed by atoms with E-state index in [4.69, 9.17) is 9.47 Å². The van der Waals surface area contributed by atoms with Crippen LogP contribution >= 0.6 is 0 Å². The van der Waals surface area contributed by atoms with Crippen molar-refractivity contribution in [2.75, 3.05) is 18.5 Å². The van der Waals surface area contributed by atoms with Gasteiger partial charge in [-0.25, -0.2) is 8.42 Å². The van der Waals surface area contributed by atoms with Crippen LogP contribution in [0.5, 0.6) is 11.5 Å². The maximum absolute atomic E-state index is 12.7. The Morgan fingerprint density at radius 2 is 1.71 bits per heavy atom. The summed E-state index contributed by atoms with van der Waals surface area (Å²) >= 11 is 0. The molecule has 0 radical (unpaired) electrons. The van der Waals surface area contributed by atoms with Crippen molar-refractivity contribution in [1.29, 1.82) is 0 Å². The van der Waals surface area contributed by atoms with Gasteiger partial charge in [0.25, 0.3) is 0 Å². The summed E-state index contributed by atoms with van der Waals surface area (Å²) in [5.41, 5.74) is 2.77. The van der Waals surface area contributed by atoms with E-state index in [1.165, 1.54) is 19.1 Å². The molecule has 1 heterocycles. The van der Waals surface area contributed by atoms with E-state index in [9.17, 15) is 13.2 Å². The highest BCUT2D eigenvalue weighted by Gasteiger charge is 2.24. The third-order valence-electron chi connectivity index (χ3n) is 4.53. The lowest BCUT2D eigenvalue weighted by atomic mass is 10.1. The maximum Gasteiger partial charge on any atom is 0.242 e. The zero-order valence-electron chi connectivity index (χ0n) is 16.1. The van der Waals surface area contributed by atoms with Gasteiger partial charge in [0, 0.05) is 18.2 Å². The monoisotopic (exact) mass is 404 g/mol. The number of carbonyl (C=O) groups is 1. The highest BCUT2D eigenvalue weighted by molar-refractivity contribution is 7.89. The Bertz CT molecular complexity index is 988. The zero-order valence-corrected chi connectivity index (χ0v) is 16.9. The Labute approximate surface area is 165 Å². The van der Waals surface area contributed by atoms with E-state index in [0.717, 1.165) is 17.5 Å². The van der Waals surface area contributed by atoms with Gasteiger partial charge < -0.3 is 14.8 Å². The first-order chi connectivity index (χ1) is 13.3. The van der Waals surface area contributed by atoms with Crippen molar-refractivity contribution >= 4 is 21.6 Å². The van der Waals surface area contributed by atoms with Gasteiger partial charge in [-0.05, 0) is 56.2 Å². The normalized spacial score (nSPS) is 14.8. The van der Waals surface area contributed by atoms with E-state index in [-0.39, 0.29) is 4.90 Å². The average molecular weight is 404 g/mol. The molecule has 0 fully saturated rings. The van der Waals surface area contributed by atoms with E-state index in [1.807, 2.05) is 26.0 Å². The Hall–Kier alpha value is -2.58. The molecule has 150 valence electrons. The van der Waals surface area contributed by atoms with Crippen molar-refractivity contribution in [2.24, 2.45) is 0 Å². The summed E-state index contributed by atoms with van der Waals surface area (Å²) in [6.45, 7) is 6.40. The van der Waals surface area contributed by atoms with Crippen LogP contribution in [0.1, 0.15) is 24.5 Å². The quantitative estimate of drug-likeness (QED) is 0.799. The second-order valence-electron chi connectivity index (χ2n) is 6.79. The molecule has 2 aromatic rings. The number of amides is 1. The van der Waals surface area contributed by atoms with Gasteiger partial charge in [0.1, 0.15) is 0 Å². The molecule has 2 aromatic carbocycles. The Morgan fingerprint density at radius 3 is 2.43 bits per heavy atom. The van der Waals surface area contributed by atoms with Crippen molar-refractivity contribution in [1.82, 2.24) is 4.72 Å². The van der Waals surface area contributed by atoms with Gasteiger partial charge in [-0.15, -0.1) is 0 Å². The lowest BCUT2D eigenvalue weighted by Gasteiger charge is -2.16. The molecular formula is C20H24N2O5S. The number of rotatable bonds is 5. The van der Waals surface area contributed by atoms with E-state index >= 15 is 0 Å². The van der Waals surface area contributed by atoms with Crippen molar-refractivity contribution < 1.29 is 22.7 Å². The number of hydrogen-bond acceptors (Lipinski definition) is 5. The predicted molar refractivity (Wildman–Crippen MR) is 106 cm³/mol. The molecule has 7 nitrogen and oxygen atoms in total. The van der Waals surface area contributed by atoms with Crippen molar-refractivity contribution in [3.63, 3.8) is 0 Å². The molecule has 0 aliphatic carbocycles. The number of fused-ring (bicyclic) bond motifs is 1. The molecule has 0 unspecified atom stereocenters. The fourth-order valence-electron chi connectivity index (χ4n) is 2.73. The van der Waals surface area contributed by atoms with Gasteiger partial charge in [0.05, 0.1) is 24.2 Å². The second-order valence-corrected chi connectivity index (χ2v) is 8.50. The van der Waals surface area contributed by atoms with Crippen LogP contribution in [0.15, 0.2) is 41.3 Å². The summed E-state index contributed by atoms with van der Waals surface area (Å²) in [4.78, 5) is 12.4. The van der Waals surface area contributed by atoms with Crippen LogP contribution in [0.3, 0.4) is 0 Å². The smallest absolute Gasteiger partial charge is 0.242 e. The number of aryl methyl sites for hydroxylation is 2. The number of benzene rings is 2. The summed E-state index contributed by atoms with van der Waals surface area (Å²) in [5, 5.41) is 2.73. The molecular weight excluding hydrogens is 380 g/mol. The standard InChI is InChI=1S/C20H24N2O5S/c1-13-5-6-16(11-14(13)2)21-20(23)15(3)22-28(24,25)17-7-8-18-19(12-17)27-10-4-9-26-18/h5-8,11-12,15,22H,4,9-10H2,1-3H3,(H,21,23)/t15-/m1/s1. The van der Waals surface area contributed by atoms with E-state index in [0.29, 0.717) is 30.4 Å². The molecule has 0 aromatic heterocycles. The van der Waals surface area contributed by atoms with Crippen LogP contribution in [-0.2, 0) is 14.8 Å². The molecule has 8 heteroatoms. The van der Waals surface area contributed by atoms with Crippen LogP contribution in [0.25, 0.3) is 0 Å². The maximum atomic E-state index is 12.7. The summed E-state index contributed by atoms with van der Waals surface area (Å²) in [6.07, 6.45) is 0.727. The molecule has 0 saturated carbocycles. The van der Waals surface area contributed by atoms with Gasteiger partial charge in [-0.1, -0.05) is 6.07 Å². The summed E-state index contributed by atoms with van der Waals surface area (Å²) in [5.74, 6) is 0.450. The SMILES string of the molecule is Cc1ccc(NC(=O)[C@@H](C)NS(=O)(=O)c2ccc3c(c2)OCCCO3)cc1C. The fourth-order valence-corrected chi connectivity index (χ4v) is 3.95. The van der Waals surface area contributed by atoms with Crippen LogP contribution in [0, 0.1) is 13.8 Å². The van der Waals surface area contributed by atoms with Crippen LogP contribution < -0.4 is 19.5 Å². The molecule has 3 rings (SSSR count). The molecule has 1 atom stereocenters. The molecule has 0 saturated heterocycles. The fraction of sp³-hybridized carbons (Fsp3) is 0.350. The number of hydrogen-bond donors (Lipinski definition) is 2. The molecule has 0 bridgehead atoms. The van der Waals surface area contributed by atoms with Gasteiger partial charge in [0.15, 0.2) is 11.5 Å². The highest BCUT2D eigenvalue weighted by atomic mass is 32.2. The molecule has 1 amide bonds. The predicted octanol–water partition coefficient (Wildman–Crippen LogP) is 2.77. The zero-order chi connectivity index (χ0) is 20.3. The van der Waals surface area contributed by atoms with Crippen molar-refractivity contribution in [3.8, 4) is 11.5 Å². The van der Waals surface area contributed by atoms with Crippen LogP contribution in [0.4, 0.5) is 5.69 Å². The molecule has 1 aliphatic heterocycles. The minimum atomic E-state index is -3.90. The number of carbonyl (C=O) groups excluding carboxylic acids is 1. The number of nitrogens with one attached hydrogen (secondary N) is 2. The molecule has 2 N–H and O–H groups in total. The number of sulfonamides is 1. The highest BCUT2D eigenvalue weighted by Crippen LogP contribution is 2.31. The first-order valence-electron chi connectivity index (χ1n) is 9.06. The van der Waals surface area contributed by atoms with Crippen molar-refractivity contribution in [2.45, 2.75) is 38.1 Å². The first kappa shape index (κ1) is 20.2. The summed E-state index contributed by atoms with van der Waals surface area (Å²) in [6, 6.07) is 8.99. The topological polar surface area (TPSA) is 93.7 Å².